The molecule has 190 valence electrons. The van der Waals surface area contributed by atoms with E-state index >= 15 is 0 Å². The van der Waals surface area contributed by atoms with Crippen LogP contribution in [0.4, 0.5) is 5.13 Å². The lowest BCUT2D eigenvalue weighted by Crippen LogP contribution is -2.71. The van der Waals surface area contributed by atoms with Crippen LogP contribution < -0.4 is 20.7 Å². The minimum Gasteiger partial charge on any atom is -0.543 e. The number of nitrogens with one attached hydrogen (secondary N) is 1. The number of aromatic nitrogens is 3. The van der Waals surface area contributed by atoms with Crippen molar-refractivity contribution in [3.05, 3.63) is 47.2 Å². The lowest BCUT2D eigenvalue weighted by molar-refractivity contribution is -0.689. The van der Waals surface area contributed by atoms with Gasteiger partial charge in [0.2, 0.25) is 11.5 Å². The topological polar surface area (TPSA) is 167 Å². The molecule has 4 heterocycles. The molecule has 0 saturated carbocycles. The molecule has 1 fully saturated rings. The smallest absolute Gasteiger partial charge is 0.278 e. The molecule has 0 bridgehead atoms. The Bertz CT molecular complexity index is 1250. The standard InChI is InChI=1S/C21H23N7O5S3/c1-3-33-25-13(16-24-21(22)36-26-16)17(29)23-14-18(30)28-15(20(31)32)12(10-35-19(14)28)8-27-6-4-5-11(7-27)9-34-2/h4-7,14,19H,3,8-10H2,1-2H3,(H3-,22,23,24,26,29,31,32)/b25-13-/t14?,19-/m1/s1. The third-order valence-corrected chi connectivity index (χ3v) is 7.79. The van der Waals surface area contributed by atoms with Crippen molar-refractivity contribution in [1.29, 1.82) is 0 Å². The van der Waals surface area contributed by atoms with E-state index in [1.54, 1.807) is 18.7 Å². The summed E-state index contributed by atoms with van der Waals surface area (Å²) in [6, 6.07) is 2.94. The number of oxime groups is 1. The Labute approximate surface area is 219 Å². The number of anilines is 1. The summed E-state index contributed by atoms with van der Waals surface area (Å²) in [4.78, 5) is 48.1. The zero-order valence-corrected chi connectivity index (χ0v) is 21.8. The molecule has 2 amide bonds. The fraction of sp³-hybridized carbons (Fsp3) is 0.381. The average molecular weight is 550 g/mol. The van der Waals surface area contributed by atoms with Gasteiger partial charge in [0.1, 0.15) is 18.0 Å². The van der Waals surface area contributed by atoms with E-state index in [1.165, 1.54) is 16.7 Å². The lowest BCUT2D eigenvalue weighted by atomic mass is 10.0. The number of aliphatic carboxylic acids is 1. The van der Waals surface area contributed by atoms with Crippen LogP contribution >= 0.6 is 35.1 Å². The molecule has 2 aromatic heterocycles. The number of fused-ring (bicyclic) bond motifs is 1. The molecule has 0 aliphatic carbocycles. The van der Waals surface area contributed by atoms with E-state index in [4.69, 9.17) is 10.6 Å². The van der Waals surface area contributed by atoms with Gasteiger partial charge in [-0.3, -0.25) is 14.5 Å². The molecule has 2 aliphatic heterocycles. The van der Waals surface area contributed by atoms with Gasteiger partial charge in [0.15, 0.2) is 24.1 Å². The summed E-state index contributed by atoms with van der Waals surface area (Å²) in [7, 11) is 0. The van der Waals surface area contributed by atoms with Crippen LogP contribution in [0.3, 0.4) is 0 Å². The van der Waals surface area contributed by atoms with Crippen LogP contribution in [0.15, 0.2) is 41.0 Å². The number of nitrogens with zero attached hydrogens (tertiary/aromatic N) is 5. The van der Waals surface area contributed by atoms with E-state index in [0.717, 1.165) is 22.8 Å². The van der Waals surface area contributed by atoms with Gasteiger partial charge in [-0.1, -0.05) is 5.16 Å². The molecule has 1 saturated heterocycles. The number of amides is 2. The van der Waals surface area contributed by atoms with Crippen molar-refractivity contribution in [1.82, 2.24) is 19.6 Å². The van der Waals surface area contributed by atoms with Crippen molar-refractivity contribution in [2.75, 3.05) is 24.3 Å². The second kappa shape index (κ2) is 11.3. The summed E-state index contributed by atoms with van der Waals surface area (Å²) < 4.78 is 5.87. The molecule has 3 N–H and O–H groups in total. The Kier molecular flexibility index (Phi) is 8.11. The van der Waals surface area contributed by atoms with E-state index in [0.29, 0.717) is 17.9 Å². The molecule has 2 aliphatic rings. The molecule has 2 aromatic rings. The lowest BCUT2D eigenvalue weighted by Gasteiger charge is -2.50. The van der Waals surface area contributed by atoms with Crippen molar-refractivity contribution in [2.24, 2.45) is 5.16 Å². The number of β-lactam (4-membered cyclic amide) rings is 1. The maximum absolute atomic E-state index is 13.0. The quantitative estimate of drug-likeness (QED) is 0.164. The number of hydrogen-bond acceptors (Lipinski definition) is 12. The zero-order valence-electron chi connectivity index (χ0n) is 19.4. The number of carboxylic acids is 1. The fourth-order valence-corrected chi connectivity index (χ4v) is 6.07. The minimum atomic E-state index is -1.44. The van der Waals surface area contributed by atoms with Crippen LogP contribution in [0, 0.1) is 0 Å². The molecule has 2 atom stereocenters. The first-order valence-corrected chi connectivity index (χ1v) is 14.0. The first-order chi connectivity index (χ1) is 17.3. The van der Waals surface area contributed by atoms with Crippen molar-refractivity contribution in [3.63, 3.8) is 0 Å². The van der Waals surface area contributed by atoms with Crippen LogP contribution in [-0.2, 0) is 31.5 Å². The fourth-order valence-electron chi connectivity index (χ4n) is 3.79. The van der Waals surface area contributed by atoms with Crippen molar-refractivity contribution < 1.29 is 28.9 Å². The highest BCUT2D eigenvalue weighted by atomic mass is 32.2. The molecular weight excluding hydrogens is 526 g/mol. The zero-order chi connectivity index (χ0) is 25.8. The Balaban J connectivity index is 1.52. The van der Waals surface area contributed by atoms with Gasteiger partial charge in [0, 0.05) is 40.2 Å². The van der Waals surface area contributed by atoms with Crippen LogP contribution in [0.5, 0.6) is 0 Å². The molecule has 15 heteroatoms. The van der Waals surface area contributed by atoms with Gasteiger partial charge in [-0.05, 0) is 19.2 Å². The molecule has 0 spiro atoms. The number of pyridine rings is 1. The van der Waals surface area contributed by atoms with Crippen molar-refractivity contribution in [2.45, 2.75) is 30.6 Å². The number of hydrogen-bond donors (Lipinski definition) is 2. The average Bonchev–Trinajstić information content (AvgIpc) is 3.28. The number of nitrogen functional groups attached to an aromatic ring is 1. The number of carboxylic acid groups (broad SMARTS) is 1. The van der Waals surface area contributed by atoms with Gasteiger partial charge in [0.25, 0.3) is 11.8 Å². The number of nitrogens with two attached hydrogens (primary N) is 1. The molecule has 12 nitrogen and oxygen atoms in total. The van der Waals surface area contributed by atoms with Crippen LogP contribution in [0.2, 0.25) is 0 Å². The Morgan fingerprint density at radius 3 is 2.94 bits per heavy atom. The van der Waals surface area contributed by atoms with E-state index in [2.05, 4.69) is 19.8 Å². The molecule has 1 unspecified atom stereocenters. The summed E-state index contributed by atoms with van der Waals surface area (Å²) in [5.41, 5.74) is 6.89. The van der Waals surface area contributed by atoms with Gasteiger partial charge in [-0.25, -0.2) is 4.57 Å². The third kappa shape index (κ3) is 5.32. The van der Waals surface area contributed by atoms with E-state index in [9.17, 15) is 19.5 Å². The summed E-state index contributed by atoms with van der Waals surface area (Å²) in [6.45, 7) is 2.19. The van der Waals surface area contributed by atoms with Crippen LogP contribution in [0.1, 0.15) is 18.3 Å². The first kappa shape index (κ1) is 25.9. The molecule has 4 rings (SSSR count). The van der Waals surface area contributed by atoms with Crippen molar-refractivity contribution >= 4 is 63.7 Å². The SMILES string of the molecule is CCO/N=C(\C(=O)NC1C(=O)N2C(C(=O)[O-])=C(C[n+]3cccc(CSC)c3)CS[C@H]12)c1nsc(N)n1. The minimum absolute atomic E-state index is 0.0262. The van der Waals surface area contributed by atoms with Gasteiger partial charge in [-0.15, -0.1) is 11.8 Å². The van der Waals surface area contributed by atoms with E-state index in [1.807, 2.05) is 35.3 Å². The summed E-state index contributed by atoms with van der Waals surface area (Å²) >= 11 is 3.94. The van der Waals surface area contributed by atoms with Crippen LogP contribution in [0.25, 0.3) is 0 Å². The number of thioether (sulfide) groups is 2. The Morgan fingerprint density at radius 2 is 2.28 bits per heavy atom. The molecular formula is C21H23N7O5S3. The van der Waals surface area contributed by atoms with E-state index < -0.39 is 29.2 Å². The third-order valence-electron chi connectivity index (χ3n) is 5.28. The monoisotopic (exact) mass is 549 g/mol. The summed E-state index contributed by atoms with van der Waals surface area (Å²) in [5.74, 6) is -1.57. The Morgan fingerprint density at radius 1 is 1.47 bits per heavy atom. The Hall–Kier alpha value is -3.17. The summed E-state index contributed by atoms with van der Waals surface area (Å²) in [5, 5.41) is 18.0. The van der Waals surface area contributed by atoms with Gasteiger partial charge in [-0.2, -0.15) is 21.1 Å². The van der Waals surface area contributed by atoms with Gasteiger partial charge < -0.3 is 25.8 Å². The molecule has 0 aromatic carbocycles. The number of rotatable bonds is 10. The second-order valence-electron chi connectivity index (χ2n) is 7.73. The van der Waals surface area contributed by atoms with Crippen molar-refractivity contribution in [3.8, 4) is 0 Å². The largest absolute Gasteiger partial charge is 0.543 e. The highest BCUT2D eigenvalue weighted by Gasteiger charge is 2.53. The summed E-state index contributed by atoms with van der Waals surface area (Å²) in [6.07, 6.45) is 5.80. The maximum atomic E-state index is 13.0. The highest BCUT2D eigenvalue weighted by molar-refractivity contribution is 8.00. The van der Waals surface area contributed by atoms with E-state index in [-0.39, 0.29) is 29.0 Å². The molecule has 36 heavy (non-hydrogen) atoms. The molecule has 0 radical (unpaired) electrons. The predicted octanol–water partition coefficient (Wildman–Crippen LogP) is -0.884. The normalized spacial score (nSPS) is 19.6. The number of carbonyl (C=O) groups is 3. The number of carbonyl (C=O) groups excluding carboxylic acids is 3. The van der Waals surface area contributed by atoms with Crippen LogP contribution in [-0.4, -0.2) is 67.8 Å². The maximum Gasteiger partial charge on any atom is 0.278 e. The predicted molar refractivity (Wildman–Crippen MR) is 133 cm³/mol. The van der Waals surface area contributed by atoms with Gasteiger partial charge in [0.05, 0.1) is 11.7 Å². The highest BCUT2D eigenvalue weighted by Crippen LogP contribution is 2.40. The first-order valence-electron chi connectivity index (χ1n) is 10.8. The second-order valence-corrected chi connectivity index (χ2v) is 10.5. The van der Waals surface area contributed by atoms with Gasteiger partial charge >= 0.3 is 0 Å².